The number of rotatable bonds is 4. The Kier molecular flexibility index (Phi) is 4.03. The molecule has 0 radical (unpaired) electrons. The fraction of sp³-hybridized carbons (Fsp3) is 0.333. The third-order valence-electron chi connectivity index (χ3n) is 4.07. The second kappa shape index (κ2) is 6.10. The Labute approximate surface area is 121 Å². The highest BCUT2D eigenvalue weighted by Crippen LogP contribution is 2.23. The van der Waals surface area contributed by atoms with Crippen LogP contribution in [0.25, 0.3) is 11.1 Å². The number of hydrogen-bond donors (Lipinski definition) is 1. The molecule has 2 nitrogen and oxygen atoms in total. The Bertz CT molecular complexity index is 527. The maximum atomic E-state index is 3.55. The smallest absolute Gasteiger partial charge is 0.0364 e. The fourth-order valence-corrected chi connectivity index (χ4v) is 2.89. The van der Waals surface area contributed by atoms with Gasteiger partial charge in [-0.15, -0.1) is 0 Å². The molecule has 20 heavy (non-hydrogen) atoms. The molecule has 1 heterocycles. The fourth-order valence-electron chi connectivity index (χ4n) is 2.89. The summed E-state index contributed by atoms with van der Waals surface area (Å²) in [5, 5.41) is 3.55. The number of nitrogens with one attached hydrogen (secondary N) is 1. The summed E-state index contributed by atoms with van der Waals surface area (Å²) in [4.78, 5) is 2.34. The minimum Gasteiger partial charge on any atom is -0.373 e. The summed E-state index contributed by atoms with van der Waals surface area (Å²) >= 11 is 0. The minimum atomic E-state index is 0.647. The second-order valence-electron chi connectivity index (χ2n) is 5.59. The van der Waals surface area contributed by atoms with Crippen LogP contribution in [-0.4, -0.2) is 26.2 Å². The zero-order valence-electron chi connectivity index (χ0n) is 12.0. The van der Waals surface area contributed by atoms with Crippen LogP contribution in [0.5, 0.6) is 0 Å². The van der Waals surface area contributed by atoms with Gasteiger partial charge in [-0.2, -0.15) is 0 Å². The lowest BCUT2D eigenvalue weighted by molar-refractivity contribution is 0.600. The zero-order valence-corrected chi connectivity index (χ0v) is 12.0. The molecule has 1 saturated heterocycles. The van der Waals surface area contributed by atoms with Gasteiger partial charge in [-0.25, -0.2) is 0 Å². The Balaban J connectivity index is 1.69. The van der Waals surface area contributed by atoms with E-state index >= 15 is 0 Å². The summed E-state index contributed by atoms with van der Waals surface area (Å²) in [5.41, 5.74) is 3.85. The standard InChI is InChI=1S/C18H22N2/c1-20(14-17-8-5-13-19-17)18-11-9-16(10-12-18)15-6-3-2-4-7-15/h2-4,6-7,9-12,17,19H,5,8,13-14H2,1H3. The van der Waals surface area contributed by atoms with Crippen molar-refractivity contribution in [2.24, 2.45) is 0 Å². The van der Waals surface area contributed by atoms with E-state index in [0.29, 0.717) is 6.04 Å². The molecule has 2 heteroatoms. The van der Waals surface area contributed by atoms with Crippen LogP contribution in [0, 0.1) is 0 Å². The molecule has 1 aliphatic heterocycles. The van der Waals surface area contributed by atoms with Crippen molar-refractivity contribution in [3.05, 3.63) is 54.6 Å². The van der Waals surface area contributed by atoms with E-state index in [1.807, 2.05) is 0 Å². The predicted molar refractivity (Wildman–Crippen MR) is 86.2 cm³/mol. The van der Waals surface area contributed by atoms with Crippen LogP contribution in [-0.2, 0) is 0 Å². The van der Waals surface area contributed by atoms with Crippen molar-refractivity contribution in [3.63, 3.8) is 0 Å². The molecule has 0 aliphatic carbocycles. The molecule has 0 amide bonds. The Morgan fingerprint density at radius 1 is 1.00 bits per heavy atom. The Morgan fingerprint density at radius 2 is 1.70 bits per heavy atom. The summed E-state index contributed by atoms with van der Waals surface area (Å²) in [6.45, 7) is 2.26. The van der Waals surface area contributed by atoms with E-state index in [2.05, 4.69) is 71.9 Å². The van der Waals surface area contributed by atoms with Gasteiger partial charge < -0.3 is 10.2 Å². The first-order chi connectivity index (χ1) is 9.83. The summed E-state index contributed by atoms with van der Waals surface area (Å²) in [7, 11) is 2.18. The van der Waals surface area contributed by atoms with Crippen LogP contribution < -0.4 is 10.2 Å². The molecule has 1 unspecified atom stereocenters. The maximum absolute atomic E-state index is 3.55. The van der Waals surface area contributed by atoms with Crippen molar-refractivity contribution < 1.29 is 0 Å². The lowest BCUT2D eigenvalue weighted by atomic mass is 10.1. The average molecular weight is 266 g/mol. The summed E-state index contributed by atoms with van der Waals surface area (Å²) in [5.74, 6) is 0. The zero-order chi connectivity index (χ0) is 13.8. The van der Waals surface area contributed by atoms with E-state index in [1.54, 1.807) is 0 Å². The highest BCUT2D eigenvalue weighted by molar-refractivity contribution is 5.66. The maximum Gasteiger partial charge on any atom is 0.0364 e. The molecule has 2 aromatic rings. The Hall–Kier alpha value is -1.80. The first-order valence-corrected chi connectivity index (χ1v) is 7.43. The van der Waals surface area contributed by atoms with E-state index in [9.17, 15) is 0 Å². The van der Waals surface area contributed by atoms with E-state index in [4.69, 9.17) is 0 Å². The van der Waals surface area contributed by atoms with Gasteiger partial charge in [-0.05, 0) is 42.6 Å². The van der Waals surface area contributed by atoms with Gasteiger partial charge in [0.2, 0.25) is 0 Å². The number of anilines is 1. The van der Waals surface area contributed by atoms with Gasteiger partial charge in [-0.1, -0.05) is 42.5 Å². The first-order valence-electron chi connectivity index (χ1n) is 7.43. The summed E-state index contributed by atoms with van der Waals surface area (Å²) in [6.07, 6.45) is 2.61. The molecule has 1 N–H and O–H groups in total. The van der Waals surface area contributed by atoms with Gasteiger partial charge in [0.05, 0.1) is 0 Å². The lowest BCUT2D eigenvalue weighted by Gasteiger charge is -2.23. The molecule has 0 spiro atoms. The minimum absolute atomic E-state index is 0.647. The largest absolute Gasteiger partial charge is 0.373 e. The average Bonchev–Trinajstić information content (AvgIpc) is 3.01. The number of hydrogen-bond acceptors (Lipinski definition) is 2. The lowest BCUT2D eigenvalue weighted by Crippen LogP contribution is -2.35. The van der Waals surface area contributed by atoms with Crippen LogP contribution in [0.15, 0.2) is 54.6 Å². The van der Waals surface area contributed by atoms with Gasteiger partial charge in [0.1, 0.15) is 0 Å². The van der Waals surface area contributed by atoms with Crippen molar-refractivity contribution in [3.8, 4) is 11.1 Å². The Morgan fingerprint density at radius 3 is 2.35 bits per heavy atom. The van der Waals surface area contributed by atoms with E-state index in [-0.39, 0.29) is 0 Å². The quantitative estimate of drug-likeness (QED) is 0.910. The second-order valence-corrected chi connectivity index (χ2v) is 5.59. The van der Waals surface area contributed by atoms with Gasteiger partial charge in [0, 0.05) is 25.3 Å². The summed E-state index contributed by atoms with van der Waals surface area (Å²) in [6, 6.07) is 20.0. The molecule has 104 valence electrons. The molecule has 1 aliphatic rings. The van der Waals surface area contributed by atoms with Crippen molar-refractivity contribution in [2.75, 3.05) is 25.0 Å². The molecular formula is C18H22N2. The summed E-state index contributed by atoms with van der Waals surface area (Å²) < 4.78 is 0. The van der Waals surface area contributed by atoms with Crippen LogP contribution in [0.3, 0.4) is 0 Å². The van der Waals surface area contributed by atoms with Crippen molar-refractivity contribution in [1.29, 1.82) is 0 Å². The molecule has 2 aromatic carbocycles. The van der Waals surface area contributed by atoms with E-state index in [1.165, 1.54) is 36.2 Å². The van der Waals surface area contributed by atoms with E-state index in [0.717, 1.165) is 6.54 Å². The van der Waals surface area contributed by atoms with Gasteiger partial charge in [0.15, 0.2) is 0 Å². The van der Waals surface area contributed by atoms with Gasteiger partial charge in [-0.3, -0.25) is 0 Å². The van der Waals surface area contributed by atoms with Crippen LogP contribution in [0.1, 0.15) is 12.8 Å². The normalized spacial score (nSPS) is 18.1. The third kappa shape index (κ3) is 3.02. The molecule has 0 bridgehead atoms. The van der Waals surface area contributed by atoms with Crippen LogP contribution in [0.2, 0.25) is 0 Å². The molecule has 0 aromatic heterocycles. The molecule has 1 fully saturated rings. The topological polar surface area (TPSA) is 15.3 Å². The van der Waals surface area contributed by atoms with Gasteiger partial charge in [0.25, 0.3) is 0 Å². The predicted octanol–water partition coefficient (Wildman–Crippen LogP) is 3.54. The first kappa shape index (κ1) is 13.2. The van der Waals surface area contributed by atoms with Crippen molar-refractivity contribution >= 4 is 5.69 Å². The van der Waals surface area contributed by atoms with Crippen molar-refractivity contribution in [1.82, 2.24) is 5.32 Å². The number of likely N-dealkylation sites (N-methyl/N-ethyl adjacent to an activating group) is 1. The molecule has 3 rings (SSSR count). The van der Waals surface area contributed by atoms with Crippen molar-refractivity contribution in [2.45, 2.75) is 18.9 Å². The van der Waals surface area contributed by atoms with E-state index < -0.39 is 0 Å². The van der Waals surface area contributed by atoms with Crippen LogP contribution in [0.4, 0.5) is 5.69 Å². The third-order valence-corrected chi connectivity index (χ3v) is 4.07. The van der Waals surface area contributed by atoms with Gasteiger partial charge >= 0.3 is 0 Å². The number of nitrogens with zero attached hydrogens (tertiary/aromatic N) is 1. The SMILES string of the molecule is CN(CC1CCCN1)c1ccc(-c2ccccc2)cc1. The molecular weight excluding hydrogens is 244 g/mol. The molecule has 0 saturated carbocycles. The highest BCUT2D eigenvalue weighted by atomic mass is 15.1. The van der Waals surface area contributed by atoms with Crippen LogP contribution >= 0.6 is 0 Å². The highest BCUT2D eigenvalue weighted by Gasteiger charge is 2.15. The monoisotopic (exact) mass is 266 g/mol. The number of benzene rings is 2. The molecule has 1 atom stereocenters.